The Labute approximate surface area is 133 Å². The number of carbonyl (C=O) groups excluding carboxylic acids is 1. The highest BCUT2D eigenvalue weighted by Crippen LogP contribution is 2.18. The average Bonchev–Trinajstić information content (AvgIpc) is 2.77. The number of carbonyl (C=O) groups is 1. The molecule has 1 aromatic carbocycles. The number of amides is 1. The maximum Gasteiger partial charge on any atom is 0.261 e. The molecule has 2 aromatic rings. The molecule has 0 bridgehead atoms. The third-order valence-corrected chi connectivity index (χ3v) is 4.34. The lowest BCUT2D eigenvalue weighted by molar-refractivity contribution is 0.0275. The zero-order chi connectivity index (χ0) is 16.3. The molecule has 1 amide bonds. The lowest BCUT2D eigenvalue weighted by atomic mass is 9.95. The van der Waals surface area contributed by atoms with E-state index in [2.05, 4.69) is 15.6 Å². The van der Waals surface area contributed by atoms with Gasteiger partial charge in [-0.3, -0.25) is 9.59 Å². The maximum absolute atomic E-state index is 12.3. The Morgan fingerprint density at radius 2 is 2.09 bits per heavy atom. The number of fused-ring (bicyclic) bond motifs is 1. The Morgan fingerprint density at radius 1 is 1.26 bits per heavy atom. The van der Waals surface area contributed by atoms with Crippen molar-refractivity contribution in [2.45, 2.75) is 24.9 Å². The number of hydrogen-bond donors (Lipinski definition) is 4. The van der Waals surface area contributed by atoms with Crippen LogP contribution in [0.4, 0.5) is 0 Å². The van der Waals surface area contributed by atoms with Gasteiger partial charge in [0.1, 0.15) is 5.56 Å². The molecule has 1 aliphatic heterocycles. The van der Waals surface area contributed by atoms with Gasteiger partial charge >= 0.3 is 0 Å². The number of para-hydroxylation sites is 1. The summed E-state index contributed by atoms with van der Waals surface area (Å²) in [6.07, 6.45) is 2.08. The van der Waals surface area contributed by atoms with Crippen molar-refractivity contribution in [1.29, 1.82) is 0 Å². The number of aromatic nitrogens is 1. The summed E-state index contributed by atoms with van der Waals surface area (Å²) < 4.78 is 0. The van der Waals surface area contributed by atoms with Gasteiger partial charge in [0.05, 0.1) is 5.60 Å². The van der Waals surface area contributed by atoms with Gasteiger partial charge in [0, 0.05) is 12.1 Å². The van der Waals surface area contributed by atoms with Crippen LogP contribution in [0, 0.1) is 0 Å². The molecule has 0 unspecified atom stereocenters. The van der Waals surface area contributed by atoms with Crippen LogP contribution in [0.15, 0.2) is 35.1 Å². The monoisotopic (exact) mass is 315 g/mol. The third kappa shape index (κ3) is 3.60. The van der Waals surface area contributed by atoms with Crippen LogP contribution in [0.2, 0.25) is 0 Å². The first-order valence-corrected chi connectivity index (χ1v) is 7.91. The molecule has 23 heavy (non-hydrogen) atoms. The molecule has 1 fully saturated rings. The first kappa shape index (κ1) is 15.7. The van der Waals surface area contributed by atoms with Crippen LogP contribution in [0.25, 0.3) is 10.9 Å². The molecule has 6 heteroatoms. The number of rotatable bonds is 3. The maximum atomic E-state index is 12.3. The van der Waals surface area contributed by atoms with Crippen LogP contribution < -0.4 is 16.2 Å². The molecule has 2 heterocycles. The molecule has 1 aromatic heterocycles. The zero-order valence-corrected chi connectivity index (χ0v) is 12.9. The summed E-state index contributed by atoms with van der Waals surface area (Å²) in [6, 6.07) is 8.89. The molecule has 1 aliphatic rings. The lowest BCUT2D eigenvalue weighted by Gasteiger charge is -2.26. The van der Waals surface area contributed by atoms with Gasteiger partial charge < -0.3 is 20.7 Å². The van der Waals surface area contributed by atoms with Gasteiger partial charge in [0.25, 0.3) is 11.5 Å². The van der Waals surface area contributed by atoms with E-state index >= 15 is 0 Å². The molecule has 0 spiro atoms. The second-order valence-corrected chi connectivity index (χ2v) is 6.11. The topological polar surface area (TPSA) is 94.2 Å². The van der Waals surface area contributed by atoms with Gasteiger partial charge in [0.15, 0.2) is 0 Å². The summed E-state index contributed by atoms with van der Waals surface area (Å²) in [7, 11) is 0. The second-order valence-electron chi connectivity index (χ2n) is 6.11. The molecule has 0 radical (unpaired) electrons. The van der Waals surface area contributed by atoms with Crippen molar-refractivity contribution in [2.24, 2.45) is 0 Å². The largest absolute Gasteiger partial charge is 0.388 e. The fourth-order valence-electron chi connectivity index (χ4n) is 2.95. The van der Waals surface area contributed by atoms with E-state index in [9.17, 15) is 14.7 Å². The van der Waals surface area contributed by atoms with Crippen molar-refractivity contribution in [3.63, 3.8) is 0 Å². The highest BCUT2D eigenvalue weighted by atomic mass is 16.3. The lowest BCUT2D eigenvalue weighted by Crippen LogP contribution is -2.44. The molecule has 3 rings (SSSR count). The Balaban J connectivity index is 1.75. The van der Waals surface area contributed by atoms with E-state index in [4.69, 9.17) is 0 Å². The molecule has 6 nitrogen and oxygen atoms in total. The van der Waals surface area contributed by atoms with Gasteiger partial charge in [-0.1, -0.05) is 18.2 Å². The zero-order valence-electron chi connectivity index (χ0n) is 12.9. The highest BCUT2D eigenvalue weighted by Gasteiger charge is 2.28. The van der Waals surface area contributed by atoms with E-state index < -0.39 is 17.1 Å². The first-order chi connectivity index (χ1) is 11.1. The standard InChI is InChI=1S/C17H21N3O3/c21-15(19-11-17(23)6-3-8-18-9-7-17)13-10-12-4-1-2-5-14(12)20-16(13)22/h1-2,4-5,10,18,23H,3,6-9,11H2,(H,19,21)(H,20,22)/t17-/m1/s1. The van der Waals surface area contributed by atoms with Gasteiger partial charge in [-0.15, -0.1) is 0 Å². The molecule has 0 saturated carbocycles. The average molecular weight is 315 g/mol. The molecule has 0 aliphatic carbocycles. The van der Waals surface area contributed by atoms with Gasteiger partial charge in [-0.2, -0.15) is 0 Å². The SMILES string of the molecule is O=C(NC[C@@]1(O)CCCNCC1)c1cc2ccccc2[nH]c1=O. The molecule has 4 N–H and O–H groups in total. The number of hydrogen-bond acceptors (Lipinski definition) is 4. The summed E-state index contributed by atoms with van der Waals surface area (Å²) in [5.41, 5.74) is -0.569. The summed E-state index contributed by atoms with van der Waals surface area (Å²) in [6.45, 7) is 1.75. The normalized spacial score (nSPS) is 21.8. The summed E-state index contributed by atoms with van der Waals surface area (Å²) in [4.78, 5) is 27.1. The Hall–Kier alpha value is -2.18. The highest BCUT2D eigenvalue weighted by molar-refractivity contribution is 5.97. The molecule has 1 saturated heterocycles. The quantitative estimate of drug-likeness (QED) is 0.673. The Kier molecular flexibility index (Phi) is 4.45. The van der Waals surface area contributed by atoms with Gasteiger partial charge in [0.2, 0.25) is 0 Å². The van der Waals surface area contributed by atoms with E-state index in [0.29, 0.717) is 18.4 Å². The van der Waals surface area contributed by atoms with E-state index in [1.807, 2.05) is 18.2 Å². The van der Waals surface area contributed by atoms with E-state index in [-0.39, 0.29) is 12.1 Å². The van der Waals surface area contributed by atoms with Crippen molar-refractivity contribution in [2.75, 3.05) is 19.6 Å². The smallest absolute Gasteiger partial charge is 0.261 e. The minimum Gasteiger partial charge on any atom is -0.388 e. The number of aromatic amines is 1. The van der Waals surface area contributed by atoms with Crippen LogP contribution in [0.5, 0.6) is 0 Å². The fraction of sp³-hybridized carbons (Fsp3) is 0.412. The van der Waals surface area contributed by atoms with Crippen LogP contribution in [0.1, 0.15) is 29.6 Å². The van der Waals surface area contributed by atoms with Crippen molar-refractivity contribution in [3.05, 3.63) is 46.2 Å². The number of H-pyrrole nitrogens is 1. The van der Waals surface area contributed by atoms with Crippen LogP contribution in [-0.2, 0) is 0 Å². The van der Waals surface area contributed by atoms with Gasteiger partial charge in [-0.25, -0.2) is 0 Å². The van der Waals surface area contributed by atoms with E-state index in [0.717, 1.165) is 24.9 Å². The van der Waals surface area contributed by atoms with Crippen molar-refractivity contribution >= 4 is 16.8 Å². The summed E-state index contributed by atoms with van der Waals surface area (Å²) >= 11 is 0. The number of aliphatic hydroxyl groups is 1. The number of benzene rings is 1. The fourth-order valence-corrected chi connectivity index (χ4v) is 2.95. The van der Waals surface area contributed by atoms with Crippen LogP contribution in [0.3, 0.4) is 0 Å². The molecule has 1 atom stereocenters. The van der Waals surface area contributed by atoms with Crippen LogP contribution in [-0.4, -0.2) is 41.2 Å². The first-order valence-electron chi connectivity index (χ1n) is 7.91. The Bertz CT molecular complexity index is 761. The molecular formula is C17H21N3O3. The minimum absolute atomic E-state index is 0.0686. The third-order valence-electron chi connectivity index (χ3n) is 4.34. The Morgan fingerprint density at radius 3 is 2.96 bits per heavy atom. The van der Waals surface area contributed by atoms with Gasteiger partial charge in [-0.05, 0) is 49.9 Å². The minimum atomic E-state index is -0.914. The van der Waals surface area contributed by atoms with Crippen LogP contribution >= 0.6 is 0 Å². The summed E-state index contributed by atoms with van der Waals surface area (Å²) in [5.74, 6) is -0.456. The number of nitrogens with one attached hydrogen (secondary N) is 3. The van der Waals surface area contributed by atoms with Crippen molar-refractivity contribution in [1.82, 2.24) is 15.6 Å². The molecular weight excluding hydrogens is 294 g/mol. The number of pyridine rings is 1. The van der Waals surface area contributed by atoms with E-state index in [1.165, 1.54) is 0 Å². The van der Waals surface area contributed by atoms with Crippen molar-refractivity contribution < 1.29 is 9.90 Å². The predicted octanol–water partition coefficient (Wildman–Crippen LogP) is 0.762. The molecule has 122 valence electrons. The second kappa shape index (κ2) is 6.52. The predicted molar refractivity (Wildman–Crippen MR) is 88.6 cm³/mol. The summed E-state index contributed by atoms with van der Waals surface area (Å²) in [5, 5.41) is 17.3. The van der Waals surface area contributed by atoms with E-state index in [1.54, 1.807) is 12.1 Å². The van der Waals surface area contributed by atoms with Crippen molar-refractivity contribution in [3.8, 4) is 0 Å².